The van der Waals surface area contributed by atoms with Gasteiger partial charge in [0.2, 0.25) is 0 Å². The molecule has 0 bridgehead atoms. The summed E-state index contributed by atoms with van der Waals surface area (Å²) in [6, 6.07) is 8.84. The van der Waals surface area contributed by atoms with Crippen molar-refractivity contribution < 1.29 is 5.11 Å². The van der Waals surface area contributed by atoms with Crippen LogP contribution >= 0.6 is 0 Å². The minimum atomic E-state index is -0.513. The van der Waals surface area contributed by atoms with E-state index < -0.39 is 5.60 Å². The minimum Gasteiger partial charge on any atom is -0.388 e. The SMILES string of the molecule is OC1(Cc2ccc(C3CC3)cc2)CCNC1. The summed E-state index contributed by atoms with van der Waals surface area (Å²) in [4.78, 5) is 0. The van der Waals surface area contributed by atoms with Crippen molar-refractivity contribution in [2.75, 3.05) is 13.1 Å². The molecule has 1 heterocycles. The van der Waals surface area contributed by atoms with Gasteiger partial charge in [0.15, 0.2) is 0 Å². The predicted octanol–water partition coefficient (Wildman–Crippen LogP) is 1.83. The highest BCUT2D eigenvalue weighted by Gasteiger charge is 2.31. The maximum absolute atomic E-state index is 10.3. The van der Waals surface area contributed by atoms with Crippen molar-refractivity contribution in [3.05, 3.63) is 35.4 Å². The molecular weight excluding hydrogens is 198 g/mol. The Morgan fingerprint density at radius 3 is 2.56 bits per heavy atom. The van der Waals surface area contributed by atoms with Gasteiger partial charge in [0.05, 0.1) is 5.60 Å². The van der Waals surface area contributed by atoms with E-state index in [4.69, 9.17) is 0 Å². The van der Waals surface area contributed by atoms with Crippen molar-refractivity contribution >= 4 is 0 Å². The molecule has 2 heteroatoms. The lowest BCUT2D eigenvalue weighted by molar-refractivity contribution is 0.0619. The zero-order chi connectivity index (χ0) is 11.0. The smallest absolute Gasteiger partial charge is 0.0823 e. The van der Waals surface area contributed by atoms with E-state index >= 15 is 0 Å². The average Bonchev–Trinajstić information content (AvgIpc) is 3.04. The van der Waals surface area contributed by atoms with E-state index in [2.05, 4.69) is 29.6 Å². The van der Waals surface area contributed by atoms with Crippen LogP contribution in [0.15, 0.2) is 24.3 Å². The number of hydrogen-bond donors (Lipinski definition) is 2. The summed E-state index contributed by atoms with van der Waals surface area (Å²) in [5.74, 6) is 0.824. The molecule has 1 aromatic rings. The number of aliphatic hydroxyl groups is 1. The van der Waals surface area contributed by atoms with E-state index in [1.165, 1.54) is 24.0 Å². The Bertz CT molecular complexity index is 361. The Hall–Kier alpha value is -0.860. The van der Waals surface area contributed by atoms with Crippen LogP contribution < -0.4 is 5.32 Å². The highest BCUT2D eigenvalue weighted by molar-refractivity contribution is 5.29. The van der Waals surface area contributed by atoms with Crippen LogP contribution in [0.25, 0.3) is 0 Å². The van der Waals surface area contributed by atoms with Gasteiger partial charge in [-0.15, -0.1) is 0 Å². The first-order chi connectivity index (χ1) is 7.75. The fraction of sp³-hybridized carbons (Fsp3) is 0.571. The fourth-order valence-corrected chi connectivity index (χ4v) is 2.59. The summed E-state index contributed by atoms with van der Waals surface area (Å²) >= 11 is 0. The normalized spacial score (nSPS) is 29.6. The molecule has 0 amide bonds. The van der Waals surface area contributed by atoms with Crippen LogP contribution in [0.4, 0.5) is 0 Å². The Morgan fingerprint density at radius 2 is 2.00 bits per heavy atom. The molecule has 2 nitrogen and oxygen atoms in total. The molecule has 1 unspecified atom stereocenters. The van der Waals surface area contributed by atoms with Gasteiger partial charge in [-0.3, -0.25) is 0 Å². The topological polar surface area (TPSA) is 32.3 Å². The molecule has 1 atom stereocenters. The van der Waals surface area contributed by atoms with Gasteiger partial charge in [-0.2, -0.15) is 0 Å². The average molecular weight is 217 g/mol. The summed E-state index contributed by atoms with van der Waals surface area (Å²) < 4.78 is 0. The molecule has 0 radical (unpaired) electrons. The van der Waals surface area contributed by atoms with Crippen molar-refractivity contribution in [2.45, 2.75) is 37.2 Å². The van der Waals surface area contributed by atoms with Gasteiger partial charge in [-0.05, 0) is 42.9 Å². The van der Waals surface area contributed by atoms with Gasteiger partial charge in [-0.25, -0.2) is 0 Å². The van der Waals surface area contributed by atoms with Gasteiger partial charge in [-0.1, -0.05) is 24.3 Å². The molecule has 0 aromatic heterocycles. The predicted molar refractivity (Wildman–Crippen MR) is 64.6 cm³/mol. The van der Waals surface area contributed by atoms with Crippen molar-refractivity contribution in [3.63, 3.8) is 0 Å². The van der Waals surface area contributed by atoms with Crippen LogP contribution in [0.3, 0.4) is 0 Å². The van der Waals surface area contributed by atoms with E-state index in [0.717, 1.165) is 31.8 Å². The van der Waals surface area contributed by atoms with E-state index in [9.17, 15) is 5.11 Å². The molecule has 3 rings (SSSR count). The molecule has 1 aliphatic heterocycles. The van der Waals surface area contributed by atoms with Crippen LogP contribution in [-0.4, -0.2) is 23.8 Å². The molecule has 1 saturated heterocycles. The highest BCUT2D eigenvalue weighted by Crippen LogP contribution is 2.40. The Kier molecular flexibility index (Phi) is 2.49. The molecule has 1 saturated carbocycles. The number of benzene rings is 1. The maximum Gasteiger partial charge on any atom is 0.0823 e. The molecule has 2 fully saturated rings. The van der Waals surface area contributed by atoms with Crippen LogP contribution in [0.1, 0.15) is 36.3 Å². The second kappa shape index (κ2) is 3.86. The fourth-order valence-electron chi connectivity index (χ4n) is 2.59. The van der Waals surface area contributed by atoms with Gasteiger partial charge in [0.25, 0.3) is 0 Å². The number of β-amino-alcohol motifs (C(OH)–C–C–N with tert-alkyl or cyclic N) is 1. The molecule has 86 valence electrons. The van der Waals surface area contributed by atoms with Crippen molar-refractivity contribution in [1.29, 1.82) is 0 Å². The second-order valence-corrected chi connectivity index (χ2v) is 5.34. The number of hydrogen-bond acceptors (Lipinski definition) is 2. The molecular formula is C14H19NO. The summed E-state index contributed by atoms with van der Waals surface area (Å²) in [7, 11) is 0. The Balaban J connectivity index is 1.69. The third-order valence-corrected chi connectivity index (χ3v) is 3.78. The lowest BCUT2D eigenvalue weighted by atomic mass is 9.93. The van der Waals surface area contributed by atoms with E-state index in [-0.39, 0.29) is 0 Å². The first-order valence-corrected chi connectivity index (χ1v) is 6.27. The van der Waals surface area contributed by atoms with Crippen molar-refractivity contribution in [2.24, 2.45) is 0 Å². The van der Waals surface area contributed by atoms with Crippen molar-refractivity contribution in [3.8, 4) is 0 Å². The van der Waals surface area contributed by atoms with Gasteiger partial charge in [0.1, 0.15) is 0 Å². The highest BCUT2D eigenvalue weighted by atomic mass is 16.3. The van der Waals surface area contributed by atoms with Crippen LogP contribution in [-0.2, 0) is 6.42 Å². The standard InChI is InChI=1S/C14H19NO/c16-14(7-8-15-10-14)9-11-1-3-12(4-2-11)13-5-6-13/h1-4,13,15-16H,5-10H2. The minimum absolute atomic E-state index is 0.513. The zero-order valence-corrected chi connectivity index (χ0v) is 9.58. The largest absolute Gasteiger partial charge is 0.388 e. The van der Waals surface area contributed by atoms with Crippen molar-refractivity contribution in [1.82, 2.24) is 5.32 Å². The third kappa shape index (κ3) is 2.13. The summed E-state index contributed by atoms with van der Waals surface area (Å²) in [5.41, 5.74) is 2.22. The molecule has 1 aliphatic carbocycles. The van der Waals surface area contributed by atoms with Gasteiger partial charge in [0, 0.05) is 13.0 Å². The van der Waals surface area contributed by atoms with E-state index in [1.54, 1.807) is 0 Å². The molecule has 2 aliphatic rings. The number of nitrogens with one attached hydrogen (secondary N) is 1. The molecule has 0 spiro atoms. The Morgan fingerprint density at radius 1 is 1.25 bits per heavy atom. The summed E-state index contributed by atoms with van der Waals surface area (Å²) in [6.07, 6.45) is 4.36. The summed E-state index contributed by atoms with van der Waals surface area (Å²) in [6.45, 7) is 1.67. The number of rotatable bonds is 3. The van der Waals surface area contributed by atoms with Crippen LogP contribution in [0, 0.1) is 0 Å². The maximum atomic E-state index is 10.3. The zero-order valence-electron chi connectivity index (χ0n) is 9.58. The first-order valence-electron chi connectivity index (χ1n) is 6.27. The monoisotopic (exact) mass is 217 g/mol. The summed E-state index contributed by atoms with van der Waals surface area (Å²) in [5, 5.41) is 13.5. The molecule has 1 aromatic carbocycles. The first kappa shape index (κ1) is 10.3. The lowest BCUT2D eigenvalue weighted by Gasteiger charge is -2.21. The third-order valence-electron chi connectivity index (χ3n) is 3.78. The van der Waals surface area contributed by atoms with E-state index in [1.807, 2.05) is 0 Å². The van der Waals surface area contributed by atoms with Gasteiger partial charge < -0.3 is 10.4 Å². The molecule has 16 heavy (non-hydrogen) atoms. The van der Waals surface area contributed by atoms with Crippen LogP contribution in [0.5, 0.6) is 0 Å². The van der Waals surface area contributed by atoms with E-state index in [0.29, 0.717) is 0 Å². The van der Waals surface area contributed by atoms with Gasteiger partial charge >= 0.3 is 0 Å². The Labute approximate surface area is 96.7 Å². The van der Waals surface area contributed by atoms with Crippen LogP contribution in [0.2, 0.25) is 0 Å². The second-order valence-electron chi connectivity index (χ2n) is 5.34. The molecule has 2 N–H and O–H groups in total. The lowest BCUT2D eigenvalue weighted by Crippen LogP contribution is -2.33. The quantitative estimate of drug-likeness (QED) is 0.809.